The second kappa shape index (κ2) is 9.62. The standard InChI is InChI=1S/C22H23NO4/c24-14-16-26-21-10-6-19(7-11-21)23(18-4-2-1-3-5-18)20-8-12-22(13-9-20)27-17-15-25/h1-13,24-25H,14-17H2. The van der Waals surface area contributed by atoms with Crippen molar-refractivity contribution in [3.8, 4) is 11.5 Å². The highest BCUT2D eigenvalue weighted by atomic mass is 16.5. The first-order valence-electron chi connectivity index (χ1n) is 8.84. The zero-order chi connectivity index (χ0) is 18.9. The molecule has 3 aromatic rings. The second-order valence-corrected chi connectivity index (χ2v) is 5.80. The molecule has 0 radical (unpaired) electrons. The highest BCUT2D eigenvalue weighted by Gasteiger charge is 2.12. The van der Waals surface area contributed by atoms with Crippen LogP contribution < -0.4 is 14.4 Å². The Labute approximate surface area is 159 Å². The Morgan fingerprint density at radius 2 is 0.963 bits per heavy atom. The zero-order valence-corrected chi connectivity index (χ0v) is 15.0. The van der Waals surface area contributed by atoms with Gasteiger partial charge in [-0.1, -0.05) is 18.2 Å². The van der Waals surface area contributed by atoms with Crippen molar-refractivity contribution in [2.45, 2.75) is 0 Å². The molecule has 3 rings (SSSR count). The quantitative estimate of drug-likeness (QED) is 0.602. The van der Waals surface area contributed by atoms with Crippen molar-refractivity contribution in [3.63, 3.8) is 0 Å². The lowest BCUT2D eigenvalue weighted by atomic mass is 10.2. The van der Waals surface area contributed by atoms with Gasteiger partial charge in [0.25, 0.3) is 0 Å². The molecule has 3 aromatic carbocycles. The summed E-state index contributed by atoms with van der Waals surface area (Å²) in [5, 5.41) is 17.8. The second-order valence-electron chi connectivity index (χ2n) is 5.80. The molecule has 0 spiro atoms. The third-order valence-corrected chi connectivity index (χ3v) is 3.92. The van der Waals surface area contributed by atoms with Crippen LogP contribution in [0.15, 0.2) is 78.9 Å². The van der Waals surface area contributed by atoms with Crippen molar-refractivity contribution in [2.24, 2.45) is 0 Å². The predicted molar refractivity (Wildman–Crippen MR) is 106 cm³/mol. The monoisotopic (exact) mass is 365 g/mol. The molecular formula is C22H23NO4. The van der Waals surface area contributed by atoms with Gasteiger partial charge in [-0.2, -0.15) is 0 Å². The largest absolute Gasteiger partial charge is 0.491 e. The third-order valence-electron chi connectivity index (χ3n) is 3.92. The number of rotatable bonds is 9. The molecule has 0 bridgehead atoms. The molecule has 140 valence electrons. The van der Waals surface area contributed by atoms with Gasteiger partial charge < -0.3 is 24.6 Å². The molecule has 0 aromatic heterocycles. The van der Waals surface area contributed by atoms with Crippen LogP contribution in [0.4, 0.5) is 17.1 Å². The van der Waals surface area contributed by atoms with Crippen molar-refractivity contribution in [1.82, 2.24) is 0 Å². The maximum atomic E-state index is 8.89. The van der Waals surface area contributed by atoms with Crippen LogP contribution in [0.25, 0.3) is 0 Å². The summed E-state index contributed by atoms with van der Waals surface area (Å²) in [4.78, 5) is 2.13. The molecule has 0 saturated carbocycles. The van der Waals surface area contributed by atoms with E-state index in [2.05, 4.69) is 4.90 Å². The summed E-state index contributed by atoms with van der Waals surface area (Å²) in [5.41, 5.74) is 3.01. The van der Waals surface area contributed by atoms with Crippen LogP contribution in [0.3, 0.4) is 0 Å². The van der Waals surface area contributed by atoms with Gasteiger partial charge in [0.1, 0.15) is 24.7 Å². The Kier molecular flexibility index (Phi) is 6.68. The van der Waals surface area contributed by atoms with Crippen LogP contribution in [0, 0.1) is 0 Å². The van der Waals surface area contributed by atoms with E-state index >= 15 is 0 Å². The van der Waals surface area contributed by atoms with Gasteiger partial charge in [0.05, 0.1) is 13.2 Å². The van der Waals surface area contributed by atoms with Gasteiger partial charge in [-0.3, -0.25) is 0 Å². The summed E-state index contributed by atoms with van der Waals surface area (Å²) in [7, 11) is 0. The summed E-state index contributed by atoms with van der Waals surface area (Å²) < 4.78 is 10.9. The Hall–Kier alpha value is -3.02. The number of nitrogens with zero attached hydrogens (tertiary/aromatic N) is 1. The third kappa shape index (κ3) is 5.00. The Bertz CT molecular complexity index is 752. The first-order chi connectivity index (χ1) is 13.3. The van der Waals surface area contributed by atoms with Crippen molar-refractivity contribution in [3.05, 3.63) is 78.9 Å². The number of benzene rings is 3. The van der Waals surface area contributed by atoms with Crippen LogP contribution in [0.2, 0.25) is 0 Å². The first kappa shape index (κ1) is 18.8. The first-order valence-corrected chi connectivity index (χ1v) is 8.84. The lowest BCUT2D eigenvalue weighted by Gasteiger charge is -2.25. The van der Waals surface area contributed by atoms with E-state index in [0.29, 0.717) is 11.5 Å². The number of hydrogen-bond donors (Lipinski definition) is 2. The van der Waals surface area contributed by atoms with E-state index in [4.69, 9.17) is 19.7 Å². The molecule has 2 N–H and O–H groups in total. The molecule has 0 aliphatic heterocycles. The van der Waals surface area contributed by atoms with Crippen molar-refractivity contribution in [1.29, 1.82) is 0 Å². The summed E-state index contributed by atoms with van der Waals surface area (Å²) in [6, 6.07) is 25.6. The van der Waals surface area contributed by atoms with Gasteiger partial charge in [-0.05, 0) is 60.7 Å². The predicted octanol–water partition coefficient (Wildman–Crippen LogP) is 3.90. The fourth-order valence-corrected chi connectivity index (χ4v) is 2.73. The molecule has 0 unspecified atom stereocenters. The fourth-order valence-electron chi connectivity index (χ4n) is 2.73. The molecule has 0 fully saturated rings. The summed E-state index contributed by atoms with van der Waals surface area (Å²) in [6.07, 6.45) is 0. The van der Waals surface area contributed by atoms with Crippen LogP contribution in [-0.2, 0) is 0 Å². The average Bonchev–Trinajstić information content (AvgIpc) is 2.73. The molecule has 0 aliphatic rings. The lowest BCUT2D eigenvalue weighted by Crippen LogP contribution is -2.10. The molecule has 5 heteroatoms. The smallest absolute Gasteiger partial charge is 0.119 e. The van der Waals surface area contributed by atoms with Crippen molar-refractivity contribution in [2.75, 3.05) is 31.3 Å². The average molecular weight is 365 g/mol. The van der Waals surface area contributed by atoms with Crippen molar-refractivity contribution >= 4 is 17.1 Å². The number of anilines is 3. The SMILES string of the molecule is OCCOc1ccc(N(c2ccccc2)c2ccc(OCCO)cc2)cc1. The van der Waals surface area contributed by atoms with Gasteiger partial charge in [-0.25, -0.2) is 0 Å². The number of aliphatic hydroxyl groups excluding tert-OH is 2. The number of aliphatic hydroxyl groups is 2. The molecule has 0 saturated heterocycles. The summed E-state index contributed by atoms with van der Waals surface area (Å²) in [5.74, 6) is 1.43. The Morgan fingerprint density at radius 1 is 0.556 bits per heavy atom. The van der Waals surface area contributed by atoms with Crippen LogP contribution >= 0.6 is 0 Å². The maximum Gasteiger partial charge on any atom is 0.119 e. The normalized spacial score (nSPS) is 10.4. The van der Waals surface area contributed by atoms with Crippen molar-refractivity contribution < 1.29 is 19.7 Å². The Morgan fingerprint density at radius 3 is 1.37 bits per heavy atom. The minimum atomic E-state index is -0.0113. The topological polar surface area (TPSA) is 62.2 Å². The van der Waals surface area contributed by atoms with Crippen LogP contribution in [0.1, 0.15) is 0 Å². The zero-order valence-electron chi connectivity index (χ0n) is 15.0. The van der Waals surface area contributed by atoms with Gasteiger partial charge in [0, 0.05) is 17.1 Å². The van der Waals surface area contributed by atoms with E-state index in [-0.39, 0.29) is 26.4 Å². The van der Waals surface area contributed by atoms with E-state index in [1.165, 1.54) is 0 Å². The van der Waals surface area contributed by atoms with Gasteiger partial charge >= 0.3 is 0 Å². The lowest BCUT2D eigenvalue weighted by molar-refractivity contribution is 0.201. The van der Waals surface area contributed by atoms with Gasteiger partial charge in [0.15, 0.2) is 0 Å². The molecule has 5 nitrogen and oxygen atoms in total. The minimum absolute atomic E-state index is 0.0113. The maximum absolute atomic E-state index is 8.89. The number of para-hydroxylation sites is 1. The molecule has 0 amide bonds. The number of hydrogen-bond acceptors (Lipinski definition) is 5. The molecule has 0 atom stereocenters. The van der Waals surface area contributed by atoms with Crippen LogP contribution in [0.5, 0.6) is 11.5 Å². The fraction of sp³-hybridized carbons (Fsp3) is 0.182. The highest BCUT2D eigenvalue weighted by molar-refractivity contribution is 5.76. The van der Waals surface area contributed by atoms with Gasteiger partial charge in [0.2, 0.25) is 0 Å². The van der Waals surface area contributed by atoms with E-state index < -0.39 is 0 Å². The van der Waals surface area contributed by atoms with E-state index in [1.54, 1.807) is 0 Å². The van der Waals surface area contributed by atoms with E-state index in [9.17, 15) is 0 Å². The highest BCUT2D eigenvalue weighted by Crippen LogP contribution is 2.35. The summed E-state index contributed by atoms with van der Waals surface area (Å²) in [6.45, 7) is 0.527. The molecular weight excluding hydrogens is 342 g/mol. The molecule has 0 aliphatic carbocycles. The molecule has 27 heavy (non-hydrogen) atoms. The number of ether oxygens (including phenoxy) is 2. The minimum Gasteiger partial charge on any atom is -0.491 e. The van der Waals surface area contributed by atoms with E-state index in [0.717, 1.165) is 17.1 Å². The summed E-state index contributed by atoms with van der Waals surface area (Å²) >= 11 is 0. The Balaban J connectivity index is 1.90. The van der Waals surface area contributed by atoms with Gasteiger partial charge in [-0.15, -0.1) is 0 Å². The van der Waals surface area contributed by atoms with E-state index in [1.807, 2.05) is 78.9 Å². The van der Waals surface area contributed by atoms with Crippen LogP contribution in [-0.4, -0.2) is 36.6 Å². The molecule has 0 heterocycles.